The Labute approximate surface area is 161 Å². The molecule has 1 heterocycles. The number of rotatable bonds is 9. The van der Waals surface area contributed by atoms with Crippen molar-refractivity contribution in [3.05, 3.63) is 0 Å². The summed E-state index contributed by atoms with van der Waals surface area (Å²) in [6.07, 6.45) is 0.385. The van der Waals surface area contributed by atoms with E-state index in [0.717, 1.165) is 0 Å². The third kappa shape index (κ3) is 6.40. The number of carboxylic acid groups (broad SMARTS) is 1. The number of carbonyl (C=O) groups excluding carboxylic acids is 4. The first-order valence-corrected chi connectivity index (χ1v) is 9.00. The Kier molecular flexibility index (Phi) is 8.50. The predicted molar refractivity (Wildman–Crippen MR) is 97.5 cm³/mol. The highest BCUT2D eigenvalue weighted by Crippen LogP contribution is 2.19. The second kappa shape index (κ2) is 10.1. The van der Waals surface area contributed by atoms with Crippen LogP contribution < -0.4 is 22.1 Å². The van der Waals surface area contributed by atoms with Crippen LogP contribution in [0.1, 0.15) is 26.2 Å². The first kappa shape index (κ1) is 22.7. The fourth-order valence-corrected chi connectivity index (χ4v) is 2.80. The molecule has 12 heteroatoms. The largest absolute Gasteiger partial charge is 0.480 e. The van der Waals surface area contributed by atoms with E-state index in [1.165, 1.54) is 11.8 Å². The molecule has 1 saturated heterocycles. The fourth-order valence-electron chi connectivity index (χ4n) is 2.64. The van der Waals surface area contributed by atoms with Crippen LogP contribution in [0.5, 0.6) is 0 Å². The number of thiol groups is 1. The highest BCUT2D eigenvalue weighted by molar-refractivity contribution is 7.80. The summed E-state index contributed by atoms with van der Waals surface area (Å²) in [6.45, 7) is 1.53. The van der Waals surface area contributed by atoms with Gasteiger partial charge in [-0.2, -0.15) is 12.6 Å². The molecule has 0 aromatic rings. The molecule has 27 heavy (non-hydrogen) atoms. The molecular formula is C15H25N5O6S. The third-order valence-electron chi connectivity index (χ3n) is 4.12. The van der Waals surface area contributed by atoms with E-state index in [2.05, 4.69) is 23.3 Å². The summed E-state index contributed by atoms with van der Waals surface area (Å²) in [5.74, 6) is -3.94. The third-order valence-corrected chi connectivity index (χ3v) is 4.51. The van der Waals surface area contributed by atoms with E-state index in [9.17, 15) is 24.0 Å². The van der Waals surface area contributed by atoms with E-state index in [4.69, 9.17) is 16.6 Å². The molecule has 4 atom stereocenters. The second-order valence-corrected chi connectivity index (χ2v) is 6.64. The van der Waals surface area contributed by atoms with Crippen molar-refractivity contribution in [3.63, 3.8) is 0 Å². The van der Waals surface area contributed by atoms with Gasteiger partial charge in [0.15, 0.2) is 0 Å². The van der Waals surface area contributed by atoms with Crippen LogP contribution in [-0.2, 0) is 24.0 Å². The molecule has 1 aliphatic heterocycles. The first-order chi connectivity index (χ1) is 12.6. The van der Waals surface area contributed by atoms with E-state index in [1.54, 1.807) is 0 Å². The van der Waals surface area contributed by atoms with E-state index < -0.39 is 60.2 Å². The molecule has 1 aliphatic rings. The summed E-state index contributed by atoms with van der Waals surface area (Å²) in [7, 11) is 0. The normalized spacial score (nSPS) is 19.7. The molecule has 1 rings (SSSR count). The highest BCUT2D eigenvalue weighted by Gasteiger charge is 2.39. The number of amides is 4. The first-order valence-electron chi connectivity index (χ1n) is 8.37. The van der Waals surface area contributed by atoms with Crippen LogP contribution in [0.4, 0.5) is 0 Å². The van der Waals surface area contributed by atoms with Gasteiger partial charge in [0, 0.05) is 12.3 Å². The van der Waals surface area contributed by atoms with Gasteiger partial charge in [-0.1, -0.05) is 0 Å². The monoisotopic (exact) mass is 403 g/mol. The number of aliphatic carboxylic acids is 1. The van der Waals surface area contributed by atoms with Gasteiger partial charge in [-0.3, -0.25) is 24.0 Å². The zero-order valence-electron chi connectivity index (χ0n) is 14.9. The topological polar surface area (TPSA) is 185 Å². The molecule has 0 saturated carbocycles. The maximum absolute atomic E-state index is 12.8. The second-order valence-electron chi connectivity index (χ2n) is 6.28. The molecule has 0 aliphatic carbocycles. The Hall–Kier alpha value is -2.34. The molecule has 4 unspecified atom stereocenters. The van der Waals surface area contributed by atoms with Gasteiger partial charge in [-0.25, -0.2) is 0 Å². The molecule has 0 bridgehead atoms. The van der Waals surface area contributed by atoms with Crippen LogP contribution in [0.15, 0.2) is 0 Å². The number of likely N-dealkylation sites (tertiary alicyclic amines) is 1. The van der Waals surface area contributed by atoms with Crippen molar-refractivity contribution in [2.24, 2.45) is 11.5 Å². The van der Waals surface area contributed by atoms with Crippen LogP contribution in [0.3, 0.4) is 0 Å². The van der Waals surface area contributed by atoms with Gasteiger partial charge in [0.1, 0.15) is 18.1 Å². The molecule has 7 N–H and O–H groups in total. The molecule has 11 nitrogen and oxygen atoms in total. The summed E-state index contributed by atoms with van der Waals surface area (Å²) in [5.41, 5.74) is 10.7. The smallest absolute Gasteiger partial charge is 0.325 e. The fraction of sp³-hybridized carbons (Fsp3) is 0.667. The lowest BCUT2D eigenvalue weighted by Gasteiger charge is -2.29. The average Bonchev–Trinajstić information content (AvgIpc) is 3.08. The van der Waals surface area contributed by atoms with Crippen molar-refractivity contribution in [3.8, 4) is 0 Å². The number of carboxylic acids is 1. The average molecular weight is 403 g/mol. The van der Waals surface area contributed by atoms with Crippen LogP contribution in [0.25, 0.3) is 0 Å². The zero-order chi connectivity index (χ0) is 20.7. The van der Waals surface area contributed by atoms with Gasteiger partial charge in [0.05, 0.1) is 12.5 Å². The number of nitrogens with zero attached hydrogens (tertiary/aromatic N) is 1. The Morgan fingerprint density at radius 2 is 1.89 bits per heavy atom. The summed E-state index contributed by atoms with van der Waals surface area (Å²) in [5, 5.41) is 13.6. The minimum Gasteiger partial charge on any atom is -0.480 e. The lowest BCUT2D eigenvalue weighted by atomic mass is 10.1. The van der Waals surface area contributed by atoms with E-state index >= 15 is 0 Å². The van der Waals surface area contributed by atoms with Crippen molar-refractivity contribution >= 4 is 42.2 Å². The van der Waals surface area contributed by atoms with E-state index in [0.29, 0.717) is 12.8 Å². The number of carbonyl (C=O) groups is 5. The Morgan fingerprint density at radius 1 is 1.26 bits per heavy atom. The summed E-state index contributed by atoms with van der Waals surface area (Å²) in [6, 6.07) is -4.27. The highest BCUT2D eigenvalue weighted by atomic mass is 32.1. The number of nitrogens with one attached hydrogen (secondary N) is 2. The molecule has 0 aromatic heterocycles. The summed E-state index contributed by atoms with van der Waals surface area (Å²) < 4.78 is 0. The molecular weight excluding hydrogens is 378 g/mol. The zero-order valence-corrected chi connectivity index (χ0v) is 15.8. The Balaban J connectivity index is 2.91. The lowest BCUT2D eigenvalue weighted by molar-refractivity contribution is -0.145. The van der Waals surface area contributed by atoms with E-state index in [-0.39, 0.29) is 12.3 Å². The lowest BCUT2D eigenvalue weighted by Crippen LogP contribution is -2.57. The van der Waals surface area contributed by atoms with Crippen molar-refractivity contribution in [2.75, 3.05) is 12.3 Å². The maximum atomic E-state index is 12.8. The van der Waals surface area contributed by atoms with Gasteiger partial charge in [0.25, 0.3) is 0 Å². The van der Waals surface area contributed by atoms with Gasteiger partial charge in [-0.15, -0.1) is 0 Å². The number of hydrogen-bond donors (Lipinski definition) is 6. The van der Waals surface area contributed by atoms with Crippen molar-refractivity contribution in [1.82, 2.24) is 15.5 Å². The van der Waals surface area contributed by atoms with Crippen molar-refractivity contribution < 1.29 is 29.1 Å². The molecule has 1 fully saturated rings. The summed E-state index contributed by atoms with van der Waals surface area (Å²) >= 11 is 3.90. The molecule has 0 spiro atoms. The molecule has 4 amide bonds. The van der Waals surface area contributed by atoms with Crippen LogP contribution in [0.2, 0.25) is 0 Å². The molecule has 152 valence electrons. The maximum Gasteiger partial charge on any atom is 0.325 e. The number of hydrogen-bond acceptors (Lipinski definition) is 7. The van der Waals surface area contributed by atoms with Gasteiger partial charge in [-0.05, 0) is 19.8 Å². The van der Waals surface area contributed by atoms with Gasteiger partial charge in [0.2, 0.25) is 23.6 Å². The van der Waals surface area contributed by atoms with Gasteiger partial charge >= 0.3 is 5.97 Å². The van der Waals surface area contributed by atoms with Crippen LogP contribution in [-0.4, -0.2) is 76.1 Å². The quantitative estimate of drug-likeness (QED) is 0.224. The minimum atomic E-state index is -1.27. The number of primary amides is 1. The Morgan fingerprint density at radius 3 is 2.41 bits per heavy atom. The predicted octanol–water partition coefficient (Wildman–Crippen LogP) is -2.82. The van der Waals surface area contributed by atoms with Crippen molar-refractivity contribution in [2.45, 2.75) is 50.4 Å². The van der Waals surface area contributed by atoms with Crippen LogP contribution in [0, 0.1) is 0 Å². The number of nitrogens with two attached hydrogens (primary N) is 2. The molecule has 0 radical (unpaired) electrons. The Bertz CT molecular complexity index is 616. The molecule has 0 aromatic carbocycles. The van der Waals surface area contributed by atoms with E-state index in [1.807, 2.05) is 0 Å². The summed E-state index contributed by atoms with van der Waals surface area (Å²) in [4.78, 5) is 60.5. The van der Waals surface area contributed by atoms with Gasteiger partial charge < -0.3 is 32.1 Å². The minimum absolute atomic E-state index is 0.0329. The standard InChI is InChI=1S/C15H25N5O6S/c1-7(15(25)26)18-13(23)10-3-2-4-20(10)14(24)9(5-11(17)21)19-12(22)8(16)6-27/h7-10,27H,2-6,16H2,1H3,(H2,17,21)(H,18,23)(H,19,22)(H,25,26). The van der Waals surface area contributed by atoms with Crippen molar-refractivity contribution in [1.29, 1.82) is 0 Å². The SMILES string of the molecule is CC(NC(=O)C1CCCN1C(=O)C(CC(N)=O)NC(=O)C(N)CS)C(=O)O. The van der Waals surface area contributed by atoms with Crippen LogP contribution >= 0.6 is 12.6 Å².